The summed E-state index contributed by atoms with van der Waals surface area (Å²) in [6.07, 6.45) is 0. The Morgan fingerprint density at radius 1 is 0.615 bits per heavy atom. The Morgan fingerprint density at radius 3 is 0.615 bits per heavy atom. The van der Waals surface area contributed by atoms with E-state index >= 15 is 0 Å². The molecule has 0 aromatic carbocycles. The SMILES string of the molecule is CN(C)C.CN(C)C.[Br][Zr]([Br])([Br])[Br]. The maximum atomic E-state index is 3.34. The molecule has 7 heteroatoms. The van der Waals surface area contributed by atoms with E-state index in [9.17, 15) is 0 Å². The van der Waals surface area contributed by atoms with Gasteiger partial charge in [0.25, 0.3) is 0 Å². The zero-order valence-corrected chi connectivity index (χ0v) is 17.7. The van der Waals surface area contributed by atoms with E-state index in [4.69, 9.17) is 0 Å². The summed E-state index contributed by atoms with van der Waals surface area (Å²) in [5.41, 5.74) is 0. The first-order valence-corrected chi connectivity index (χ1v) is 25.9. The van der Waals surface area contributed by atoms with Crippen LogP contribution in [0.2, 0.25) is 0 Å². The summed E-state index contributed by atoms with van der Waals surface area (Å²) in [5.74, 6) is 0. The Balaban J connectivity index is -0.000000117. The minimum absolute atomic E-state index is 1.93. The van der Waals surface area contributed by atoms with Crippen LogP contribution < -0.4 is 0 Å². The predicted molar refractivity (Wildman–Crippen MR) is 74.9 cm³/mol. The van der Waals surface area contributed by atoms with Crippen LogP contribution in [0.4, 0.5) is 0 Å². The second-order valence-corrected chi connectivity index (χ2v) is 71.1. The van der Waals surface area contributed by atoms with E-state index in [1.54, 1.807) is 0 Å². The number of rotatable bonds is 0. The number of nitrogens with zero attached hydrogens (tertiary/aromatic N) is 2. The van der Waals surface area contributed by atoms with Crippen molar-refractivity contribution in [3.05, 3.63) is 0 Å². The third-order valence-electron chi connectivity index (χ3n) is 0. The topological polar surface area (TPSA) is 6.48 Å². The quantitative estimate of drug-likeness (QED) is 0.473. The van der Waals surface area contributed by atoms with Gasteiger partial charge in [0.1, 0.15) is 0 Å². The Hall–Kier alpha value is 2.72. The summed E-state index contributed by atoms with van der Waals surface area (Å²) in [5, 5.41) is 0. The summed E-state index contributed by atoms with van der Waals surface area (Å²) in [6.45, 7) is 0. The molecule has 84 valence electrons. The van der Waals surface area contributed by atoms with Crippen molar-refractivity contribution < 1.29 is 10.9 Å². The normalized spacial score (nSPS) is 10.2. The van der Waals surface area contributed by atoms with Gasteiger partial charge in [0.2, 0.25) is 0 Å². The zero-order valence-electron chi connectivity index (χ0n) is 8.91. The van der Waals surface area contributed by atoms with E-state index in [2.05, 4.69) is 48.9 Å². The van der Waals surface area contributed by atoms with Crippen LogP contribution in [0, 0.1) is 0 Å². The van der Waals surface area contributed by atoms with Crippen molar-refractivity contribution in [2.75, 3.05) is 42.3 Å². The molecule has 0 saturated heterocycles. The van der Waals surface area contributed by atoms with Gasteiger partial charge in [-0.25, -0.2) is 0 Å². The van der Waals surface area contributed by atoms with E-state index < -0.39 is 10.9 Å². The summed E-state index contributed by atoms with van der Waals surface area (Å²) >= 11 is 13.3. The molecule has 0 N–H and O–H groups in total. The monoisotopic (exact) mass is 524 g/mol. The number of halogens is 4. The molecule has 0 unspecified atom stereocenters. The van der Waals surface area contributed by atoms with E-state index in [1.165, 1.54) is 0 Å². The first kappa shape index (κ1) is 21.1. The molecule has 0 fully saturated rings. The predicted octanol–water partition coefficient (Wildman–Crippen LogP) is 3.74. The Bertz CT molecular complexity index is 77.6. The molecule has 0 spiro atoms. The molecule has 0 atom stereocenters. The molecule has 0 saturated carbocycles. The fourth-order valence-corrected chi connectivity index (χ4v) is 0. The van der Waals surface area contributed by atoms with Crippen LogP contribution in [-0.2, 0) is 10.9 Å². The van der Waals surface area contributed by atoms with Gasteiger partial charge in [-0.1, -0.05) is 0 Å². The van der Waals surface area contributed by atoms with Gasteiger partial charge in [0.15, 0.2) is 0 Å². The molecular weight excluding hydrogens is 511 g/mol. The van der Waals surface area contributed by atoms with E-state index in [0.717, 1.165) is 0 Å². The molecule has 0 rings (SSSR count). The molecule has 0 bridgehead atoms. The molecule has 0 aromatic heterocycles. The molecule has 13 heavy (non-hydrogen) atoms. The second-order valence-electron chi connectivity index (χ2n) is 3.11. The first-order chi connectivity index (χ1) is 5.46. The van der Waals surface area contributed by atoms with Gasteiger partial charge in [0, 0.05) is 0 Å². The van der Waals surface area contributed by atoms with Crippen molar-refractivity contribution >= 4 is 48.9 Å². The molecule has 0 heterocycles. The van der Waals surface area contributed by atoms with Crippen LogP contribution in [-0.4, -0.2) is 52.1 Å². The molecule has 0 aliphatic rings. The van der Waals surface area contributed by atoms with Crippen LogP contribution in [0.25, 0.3) is 0 Å². The van der Waals surface area contributed by atoms with Gasteiger partial charge < -0.3 is 9.80 Å². The molecule has 0 radical (unpaired) electrons. The third-order valence-corrected chi connectivity index (χ3v) is 0. The standard InChI is InChI=1S/2C3H9N.4BrH.Zr/c2*1-4(2)3;;;;;/h2*1-3H3;4*1H;/q;;;;;;+4/p-4. The minimum atomic E-state index is -1.93. The summed E-state index contributed by atoms with van der Waals surface area (Å²) < 4.78 is 0. The average molecular weight is 529 g/mol. The van der Waals surface area contributed by atoms with Gasteiger partial charge in [-0.15, -0.1) is 0 Å². The molecule has 0 amide bonds. The number of hydrogen-bond acceptors (Lipinski definition) is 2. The zero-order chi connectivity index (χ0) is 11.7. The fraction of sp³-hybridized carbons (Fsp3) is 1.00. The average Bonchev–Trinajstić information content (AvgIpc) is 1.50. The van der Waals surface area contributed by atoms with Crippen molar-refractivity contribution in [1.29, 1.82) is 0 Å². The van der Waals surface area contributed by atoms with Crippen LogP contribution in [0.1, 0.15) is 0 Å². The Morgan fingerprint density at radius 2 is 0.615 bits per heavy atom. The van der Waals surface area contributed by atoms with Crippen LogP contribution in [0.3, 0.4) is 0 Å². The Labute approximate surface area is 110 Å². The summed E-state index contributed by atoms with van der Waals surface area (Å²) in [7, 11) is 10.1. The van der Waals surface area contributed by atoms with Gasteiger partial charge in [-0.3, -0.25) is 0 Å². The van der Waals surface area contributed by atoms with Crippen LogP contribution in [0.15, 0.2) is 0 Å². The Kier molecular flexibility index (Phi) is 20.7. The van der Waals surface area contributed by atoms with Gasteiger partial charge in [-0.2, -0.15) is 0 Å². The summed E-state index contributed by atoms with van der Waals surface area (Å²) in [4.78, 5) is 4.00. The van der Waals surface area contributed by atoms with Gasteiger partial charge >= 0.3 is 59.7 Å². The van der Waals surface area contributed by atoms with E-state index in [0.29, 0.717) is 0 Å². The van der Waals surface area contributed by atoms with Crippen LogP contribution >= 0.6 is 48.9 Å². The number of hydrogen-bond donors (Lipinski definition) is 0. The van der Waals surface area contributed by atoms with E-state index in [1.807, 2.05) is 52.1 Å². The summed E-state index contributed by atoms with van der Waals surface area (Å²) in [6, 6.07) is 0. The van der Waals surface area contributed by atoms with Gasteiger partial charge in [0.05, 0.1) is 0 Å². The third kappa shape index (κ3) is 321. The van der Waals surface area contributed by atoms with Crippen molar-refractivity contribution in [2.45, 2.75) is 0 Å². The maximum absolute atomic E-state index is 3.34. The van der Waals surface area contributed by atoms with Crippen molar-refractivity contribution in [1.82, 2.24) is 9.80 Å². The van der Waals surface area contributed by atoms with Crippen molar-refractivity contribution in [3.63, 3.8) is 0 Å². The first-order valence-electron chi connectivity index (χ1n) is 3.44. The molecule has 2 nitrogen and oxygen atoms in total. The van der Waals surface area contributed by atoms with Crippen LogP contribution in [0.5, 0.6) is 0 Å². The molecule has 0 aliphatic carbocycles. The molecule has 0 aliphatic heterocycles. The van der Waals surface area contributed by atoms with Gasteiger partial charge in [-0.05, 0) is 42.3 Å². The van der Waals surface area contributed by atoms with Crippen molar-refractivity contribution in [3.8, 4) is 0 Å². The van der Waals surface area contributed by atoms with Crippen molar-refractivity contribution in [2.24, 2.45) is 0 Å². The second kappa shape index (κ2) is 12.8. The van der Waals surface area contributed by atoms with E-state index in [-0.39, 0.29) is 0 Å². The molecular formula is C6H18Br4N2Zr. The molecule has 0 aromatic rings. The fourth-order valence-electron chi connectivity index (χ4n) is 0.